The Kier molecular flexibility index (Phi) is 4.04. The Balaban J connectivity index is 4.60. The van der Waals surface area contributed by atoms with Gasteiger partial charge >= 0.3 is 0 Å². The van der Waals surface area contributed by atoms with Gasteiger partial charge in [-0.2, -0.15) is 0 Å². The first-order chi connectivity index (χ1) is 5.00. The summed E-state index contributed by atoms with van der Waals surface area (Å²) in [6, 6.07) is 0. The van der Waals surface area contributed by atoms with Crippen molar-refractivity contribution >= 4 is 12.6 Å². The fourth-order valence-electron chi connectivity index (χ4n) is 0.636. The molecule has 0 spiro atoms. The average molecular weight is 169 g/mol. The second-order valence-electron chi connectivity index (χ2n) is 2.56. The standard InChI is InChI=1S/C9H15NS/c1-6-9(11)7(2)8(3)10(4)5/h6,11H,1,3H2,2,4-5H3/b9-7+. The van der Waals surface area contributed by atoms with Crippen LogP contribution in [0.25, 0.3) is 0 Å². The molecule has 0 rings (SSSR count). The predicted octanol–water partition coefficient (Wildman–Crippen LogP) is 2.45. The summed E-state index contributed by atoms with van der Waals surface area (Å²) in [6.07, 6.45) is 1.72. The summed E-state index contributed by atoms with van der Waals surface area (Å²) in [7, 11) is 3.91. The number of thiol groups is 1. The van der Waals surface area contributed by atoms with Crippen LogP contribution in [0.5, 0.6) is 0 Å². The van der Waals surface area contributed by atoms with E-state index >= 15 is 0 Å². The molecule has 0 amide bonds. The average Bonchev–Trinajstić information content (AvgIpc) is 2.00. The molecule has 0 aliphatic carbocycles. The molecule has 0 unspecified atom stereocenters. The number of allylic oxidation sites excluding steroid dienone is 2. The molecule has 0 bridgehead atoms. The van der Waals surface area contributed by atoms with Crippen molar-refractivity contribution in [2.45, 2.75) is 6.92 Å². The third-order valence-electron chi connectivity index (χ3n) is 1.55. The largest absolute Gasteiger partial charge is 0.378 e. The molecular weight excluding hydrogens is 154 g/mol. The summed E-state index contributed by atoms with van der Waals surface area (Å²) >= 11 is 4.23. The molecule has 0 heterocycles. The van der Waals surface area contributed by atoms with Gasteiger partial charge in [-0.05, 0) is 12.5 Å². The van der Waals surface area contributed by atoms with Crippen LogP contribution in [0.3, 0.4) is 0 Å². The van der Waals surface area contributed by atoms with E-state index in [4.69, 9.17) is 0 Å². The number of hydrogen-bond acceptors (Lipinski definition) is 2. The highest BCUT2D eigenvalue weighted by Gasteiger charge is 2.00. The van der Waals surface area contributed by atoms with Gasteiger partial charge in [-0.1, -0.05) is 19.2 Å². The van der Waals surface area contributed by atoms with E-state index in [0.29, 0.717) is 0 Å². The minimum Gasteiger partial charge on any atom is -0.378 e. The summed E-state index contributed by atoms with van der Waals surface area (Å²) in [6.45, 7) is 9.50. The molecule has 0 aromatic rings. The van der Waals surface area contributed by atoms with Crippen LogP contribution < -0.4 is 0 Å². The highest BCUT2D eigenvalue weighted by atomic mass is 32.1. The first kappa shape index (κ1) is 10.4. The Morgan fingerprint density at radius 3 is 2.18 bits per heavy atom. The van der Waals surface area contributed by atoms with Crippen LogP contribution in [0.4, 0.5) is 0 Å². The highest BCUT2D eigenvalue weighted by molar-refractivity contribution is 7.84. The molecule has 2 heteroatoms. The molecule has 0 aliphatic heterocycles. The van der Waals surface area contributed by atoms with Gasteiger partial charge in [0.15, 0.2) is 0 Å². The van der Waals surface area contributed by atoms with Crippen LogP contribution in [0.1, 0.15) is 6.92 Å². The van der Waals surface area contributed by atoms with Crippen LogP contribution in [-0.2, 0) is 0 Å². The Hall–Kier alpha value is -0.630. The van der Waals surface area contributed by atoms with Gasteiger partial charge in [0, 0.05) is 24.7 Å². The number of likely N-dealkylation sites (N-methyl/N-ethyl adjacent to an activating group) is 1. The predicted molar refractivity (Wildman–Crippen MR) is 54.7 cm³/mol. The topological polar surface area (TPSA) is 3.24 Å². The first-order valence-electron chi connectivity index (χ1n) is 3.39. The lowest BCUT2D eigenvalue weighted by Crippen LogP contribution is -2.11. The van der Waals surface area contributed by atoms with E-state index in [1.54, 1.807) is 6.08 Å². The molecular formula is C9H15NS. The Bertz CT molecular complexity index is 202. The lowest BCUT2D eigenvalue weighted by Gasteiger charge is -2.16. The van der Waals surface area contributed by atoms with Crippen molar-refractivity contribution in [1.29, 1.82) is 0 Å². The van der Waals surface area contributed by atoms with Crippen LogP contribution in [0.15, 0.2) is 35.4 Å². The Morgan fingerprint density at radius 1 is 1.45 bits per heavy atom. The second kappa shape index (κ2) is 4.29. The van der Waals surface area contributed by atoms with Crippen molar-refractivity contribution in [3.63, 3.8) is 0 Å². The van der Waals surface area contributed by atoms with E-state index in [1.807, 2.05) is 25.9 Å². The molecule has 0 saturated carbocycles. The van der Waals surface area contributed by atoms with Crippen LogP contribution in [-0.4, -0.2) is 19.0 Å². The lowest BCUT2D eigenvalue weighted by molar-refractivity contribution is 0.524. The molecule has 0 radical (unpaired) electrons. The van der Waals surface area contributed by atoms with E-state index in [-0.39, 0.29) is 0 Å². The zero-order valence-electron chi connectivity index (χ0n) is 7.39. The van der Waals surface area contributed by atoms with Crippen molar-refractivity contribution < 1.29 is 0 Å². The maximum Gasteiger partial charge on any atom is 0.0328 e. The van der Waals surface area contributed by atoms with E-state index < -0.39 is 0 Å². The van der Waals surface area contributed by atoms with Gasteiger partial charge < -0.3 is 4.90 Å². The fourth-order valence-corrected chi connectivity index (χ4v) is 0.765. The SMILES string of the molecule is C=C/C(S)=C(/C)C(=C)N(C)C. The van der Waals surface area contributed by atoms with Crippen LogP contribution in [0.2, 0.25) is 0 Å². The van der Waals surface area contributed by atoms with Gasteiger partial charge in [0.1, 0.15) is 0 Å². The lowest BCUT2D eigenvalue weighted by atomic mass is 10.2. The van der Waals surface area contributed by atoms with Gasteiger partial charge in [0.05, 0.1) is 0 Å². The van der Waals surface area contributed by atoms with E-state index in [2.05, 4.69) is 25.8 Å². The maximum absolute atomic E-state index is 4.23. The van der Waals surface area contributed by atoms with Gasteiger partial charge in [-0.3, -0.25) is 0 Å². The van der Waals surface area contributed by atoms with E-state index in [0.717, 1.165) is 16.2 Å². The zero-order chi connectivity index (χ0) is 9.02. The van der Waals surface area contributed by atoms with Gasteiger partial charge in [0.25, 0.3) is 0 Å². The maximum atomic E-state index is 4.23. The zero-order valence-corrected chi connectivity index (χ0v) is 8.28. The molecule has 0 N–H and O–H groups in total. The van der Waals surface area contributed by atoms with Crippen molar-refractivity contribution in [3.05, 3.63) is 35.4 Å². The second-order valence-corrected chi connectivity index (χ2v) is 3.04. The minimum atomic E-state index is 0.878. The smallest absolute Gasteiger partial charge is 0.0328 e. The number of rotatable bonds is 3. The van der Waals surface area contributed by atoms with Crippen molar-refractivity contribution in [2.24, 2.45) is 0 Å². The third-order valence-corrected chi connectivity index (χ3v) is 2.07. The molecule has 0 aliphatic rings. The summed E-state index contributed by atoms with van der Waals surface area (Å²) < 4.78 is 0. The fraction of sp³-hybridized carbons (Fsp3) is 0.333. The summed E-state index contributed by atoms with van der Waals surface area (Å²) in [5.74, 6) is 0. The molecule has 0 saturated heterocycles. The van der Waals surface area contributed by atoms with Gasteiger partial charge in [0.2, 0.25) is 0 Å². The summed E-state index contributed by atoms with van der Waals surface area (Å²) in [4.78, 5) is 2.83. The van der Waals surface area contributed by atoms with Crippen LogP contribution in [0, 0.1) is 0 Å². The van der Waals surface area contributed by atoms with E-state index in [1.165, 1.54) is 0 Å². The number of hydrogen-bond donors (Lipinski definition) is 1. The van der Waals surface area contributed by atoms with E-state index in [9.17, 15) is 0 Å². The van der Waals surface area contributed by atoms with Crippen molar-refractivity contribution in [2.75, 3.05) is 14.1 Å². The molecule has 0 aromatic heterocycles. The molecule has 0 fully saturated rings. The highest BCUT2D eigenvalue weighted by Crippen LogP contribution is 2.17. The molecule has 0 aromatic carbocycles. The quantitative estimate of drug-likeness (QED) is 0.501. The molecule has 62 valence electrons. The van der Waals surface area contributed by atoms with Crippen molar-refractivity contribution in [1.82, 2.24) is 4.90 Å². The van der Waals surface area contributed by atoms with Crippen LogP contribution >= 0.6 is 12.6 Å². The molecule has 11 heavy (non-hydrogen) atoms. The third kappa shape index (κ3) is 2.85. The van der Waals surface area contributed by atoms with Gasteiger partial charge in [-0.25, -0.2) is 0 Å². The van der Waals surface area contributed by atoms with Crippen molar-refractivity contribution in [3.8, 4) is 0 Å². The monoisotopic (exact) mass is 169 g/mol. The first-order valence-corrected chi connectivity index (χ1v) is 3.84. The minimum absolute atomic E-state index is 0.878. The molecule has 0 atom stereocenters. The molecule has 1 nitrogen and oxygen atoms in total. The normalized spacial score (nSPS) is 12.0. The number of nitrogens with zero attached hydrogens (tertiary/aromatic N) is 1. The summed E-state index contributed by atoms with van der Waals surface area (Å²) in [5, 5.41) is 0. The summed E-state index contributed by atoms with van der Waals surface area (Å²) in [5.41, 5.74) is 2.03. The Morgan fingerprint density at radius 2 is 1.91 bits per heavy atom. The Labute approximate surface area is 74.5 Å². The van der Waals surface area contributed by atoms with Gasteiger partial charge in [-0.15, -0.1) is 12.6 Å².